The van der Waals surface area contributed by atoms with Crippen LogP contribution in [0, 0.1) is 0 Å². The first-order valence-electron chi connectivity index (χ1n) is 5.58. The molecule has 1 rings (SSSR count). The van der Waals surface area contributed by atoms with Gasteiger partial charge in [-0.05, 0) is 31.3 Å². The summed E-state index contributed by atoms with van der Waals surface area (Å²) in [5, 5.41) is 5.51. The second-order valence-corrected chi connectivity index (χ2v) is 5.06. The number of amides is 1. The predicted octanol–water partition coefficient (Wildman–Crippen LogP) is 2.27. The van der Waals surface area contributed by atoms with Crippen molar-refractivity contribution in [2.45, 2.75) is 25.8 Å². The molecule has 0 aromatic carbocycles. The van der Waals surface area contributed by atoms with Crippen LogP contribution in [0.2, 0.25) is 0 Å². The molecule has 1 N–H and O–H groups in total. The average molecular weight is 240 g/mol. The van der Waals surface area contributed by atoms with E-state index < -0.39 is 0 Å². The third kappa shape index (κ3) is 4.33. The zero-order valence-corrected chi connectivity index (χ0v) is 11.0. The highest BCUT2D eigenvalue weighted by Crippen LogP contribution is 2.17. The van der Waals surface area contributed by atoms with E-state index in [1.807, 2.05) is 0 Å². The van der Waals surface area contributed by atoms with E-state index in [4.69, 9.17) is 0 Å². The average Bonchev–Trinajstić information content (AvgIpc) is 2.76. The van der Waals surface area contributed by atoms with Gasteiger partial charge < -0.3 is 10.2 Å². The van der Waals surface area contributed by atoms with Crippen molar-refractivity contribution < 1.29 is 4.79 Å². The third-order valence-electron chi connectivity index (χ3n) is 2.49. The summed E-state index contributed by atoms with van der Waals surface area (Å²) in [4.78, 5) is 14.3. The number of carbonyl (C=O) groups is 1. The van der Waals surface area contributed by atoms with Gasteiger partial charge in [-0.1, -0.05) is 6.07 Å². The Hall–Kier alpha value is -0.870. The van der Waals surface area contributed by atoms with Gasteiger partial charge >= 0.3 is 0 Å². The van der Waals surface area contributed by atoms with Gasteiger partial charge in [0.15, 0.2) is 0 Å². The van der Waals surface area contributed by atoms with Crippen LogP contribution in [0.3, 0.4) is 0 Å². The summed E-state index contributed by atoms with van der Waals surface area (Å²) in [5.41, 5.74) is 0. The molecule has 0 saturated carbocycles. The summed E-state index contributed by atoms with van der Waals surface area (Å²) in [6.07, 6.45) is 1.52. The molecule has 1 atom stereocenters. The Morgan fingerprint density at radius 3 is 2.88 bits per heavy atom. The topological polar surface area (TPSA) is 32.3 Å². The molecule has 1 aromatic heterocycles. The Morgan fingerprint density at radius 1 is 1.56 bits per heavy atom. The smallest absolute Gasteiger partial charge is 0.222 e. The minimum absolute atomic E-state index is 0.200. The molecule has 0 fully saturated rings. The van der Waals surface area contributed by atoms with E-state index in [9.17, 15) is 4.79 Å². The number of thiophene rings is 1. The molecule has 0 saturated heterocycles. The largest absolute Gasteiger partial charge is 0.349 e. The number of hydrogen-bond donors (Lipinski definition) is 1. The van der Waals surface area contributed by atoms with Gasteiger partial charge in [-0.25, -0.2) is 0 Å². The second kappa shape index (κ2) is 6.66. The van der Waals surface area contributed by atoms with E-state index in [1.54, 1.807) is 30.3 Å². The van der Waals surface area contributed by atoms with Crippen molar-refractivity contribution in [1.29, 1.82) is 0 Å². The SMILES string of the molecule is CC(NCCCC(=O)N(C)C)c1cccs1. The van der Waals surface area contributed by atoms with Crippen molar-refractivity contribution in [3.63, 3.8) is 0 Å². The molecule has 0 radical (unpaired) electrons. The maximum Gasteiger partial charge on any atom is 0.222 e. The Bertz CT molecular complexity index is 309. The lowest BCUT2D eigenvalue weighted by Crippen LogP contribution is -2.24. The quantitative estimate of drug-likeness (QED) is 0.774. The van der Waals surface area contributed by atoms with Crippen LogP contribution in [-0.4, -0.2) is 31.4 Å². The van der Waals surface area contributed by atoms with Crippen LogP contribution >= 0.6 is 11.3 Å². The summed E-state index contributed by atoms with van der Waals surface area (Å²) >= 11 is 1.76. The van der Waals surface area contributed by atoms with Crippen LogP contribution in [0.1, 0.15) is 30.7 Å². The number of nitrogens with zero attached hydrogens (tertiary/aromatic N) is 1. The fourth-order valence-electron chi connectivity index (χ4n) is 1.42. The van der Waals surface area contributed by atoms with Crippen LogP contribution in [0.4, 0.5) is 0 Å². The van der Waals surface area contributed by atoms with Crippen molar-refractivity contribution in [1.82, 2.24) is 10.2 Å². The van der Waals surface area contributed by atoms with E-state index in [0.717, 1.165) is 13.0 Å². The molecule has 0 aliphatic rings. The number of carbonyl (C=O) groups excluding carboxylic acids is 1. The molecule has 3 nitrogen and oxygen atoms in total. The van der Waals surface area contributed by atoms with Crippen LogP contribution in [-0.2, 0) is 4.79 Å². The van der Waals surface area contributed by atoms with Gasteiger partial charge in [0.25, 0.3) is 0 Å². The van der Waals surface area contributed by atoms with Gasteiger partial charge in [0.1, 0.15) is 0 Å². The lowest BCUT2D eigenvalue weighted by Gasteiger charge is -2.13. The first-order chi connectivity index (χ1) is 7.61. The van der Waals surface area contributed by atoms with E-state index in [0.29, 0.717) is 12.5 Å². The summed E-state index contributed by atoms with van der Waals surface area (Å²) in [6.45, 7) is 3.04. The molecule has 1 aromatic rings. The molecule has 1 amide bonds. The fourth-order valence-corrected chi connectivity index (χ4v) is 2.18. The number of nitrogens with one attached hydrogen (secondary N) is 1. The molecule has 90 valence electrons. The van der Waals surface area contributed by atoms with Gasteiger partial charge in [-0.2, -0.15) is 0 Å². The summed E-state index contributed by atoms with van der Waals surface area (Å²) in [6, 6.07) is 4.58. The maximum atomic E-state index is 11.3. The van der Waals surface area contributed by atoms with Crippen LogP contribution in [0.15, 0.2) is 17.5 Å². The fraction of sp³-hybridized carbons (Fsp3) is 0.583. The highest BCUT2D eigenvalue weighted by Gasteiger charge is 2.06. The normalized spacial score (nSPS) is 12.4. The van der Waals surface area contributed by atoms with E-state index in [2.05, 4.69) is 29.8 Å². The van der Waals surface area contributed by atoms with Gasteiger partial charge in [0, 0.05) is 31.4 Å². The van der Waals surface area contributed by atoms with Crippen molar-refractivity contribution in [3.05, 3.63) is 22.4 Å². The lowest BCUT2D eigenvalue weighted by atomic mass is 10.2. The molecule has 1 unspecified atom stereocenters. The highest BCUT2D eigenvalue weighted by molar-refractivity contribution is 7.10. The molecular weight excluding hydrogens is 220 g/mol. The van der Waals surface area contributed by atoms with E-state index >= 15 is 0 Å². The van der Waals surface area contributed by atoms with E-state index in [1.165, 1.54) is 4.88 Å². The highest BCUT2D eigenvalue weighted by atomic mass is 32.1. The minimum atomic E-state index is 0.200. The van der Waals surface area contributed by atoms with E-state index in [-0.39, 0.29) is 5.91 Å². The van der Waals surface area contributed by atoms with Crippen LogP contribution < -0.4 is 5.32 Å². The van der Waals surface area contributed by atoms with Crippen molar-refractivity contribution >= 4 is 17.2 Å². The van der Waals surface area contributed by atoms with Gasteiger partial charge in [-0.3, -0.25) is 4.79 Å². The minimum Gasteiger partial charge on any atom is -0.349 e. The summed E-state index contributed by atoms with van der Waals surface area (Å²) in [7, 11) is 3.59. The van der Waals surface area contributed by atoms with Gasteiger partial charge in [0.05, 0.1) is 0 Å². The molecule has 0 spiro atoms. The van der Waals surface area contributed by atoms with Crippen LogP contribution in [0.5, 0.6) is 0 Å². The Kier molecular flexibility index (Phi) is 5.49. The third-order valence-corrected chi connectivity index (χ3v) is 3.54. The van der Waals surface area contributed by atoms with Gasteiger partial charge in [-0.15, -0.1) is 11.3 Å². The Morgan fingerprint density at radius 2 is 2.31 bits per heavy atom. The number of rotatable bonds is 6. The molecule has 0 bridgehead atoms. The Labute approximate surface area is 101 Å². The lowest BCUT2D eigenvalue weighted by molar-refractivity contribution is -0.128. The second-order valence-electron chi connectivity index (χ2n) is 4.08. The zero-order chi connectivity index (χ0) is 12.0. The Balaban J connectivity index is 2.14. The molecule has 0 aliphatic carbocycles. The summed E-state index contributed by atoms with van der Waals surface area (Å²) < 4.78 is 0. The molecule has 16 heavy (non-hydrogen) atoms. The van der Waals surface area contributed by atoms with Crippen molar-refractivity contribution in [2.24, 2.45) is 0 Å². The number of hydrogen-bond acceptors (Lipinski definition) is 3. The van der Waals surface area contributed by atoms with Gasteiger partial charge in [0.2, 0.25) is 5.91 Å². The predicted molar refractivity (Wildman–Crippen MR) is 68.7 cm³/mol. The molecule has 0 aliphatic heterocycles. The maximum absolute atomic E-state index is 11.3. The van der Waals surface area contributed by atoms with Crippen molar-refractivity contribution in [3.8, 4) is 0 Å². The standard InChI is InChI=1S/C12H20N2OS/c1-10(11-6-5-9-16-11)13-8-4-7-12(15)14(2)3/h5-6,9-10,13H,4,7-8H2,1-3H3. The van der Waals surface area contributed by atoms with Crippen molar-refractivity contribution in [2.75, 3.05) is 20.6 Å². The molecule has 1 heterocycles. The first kappa shape index (κ1) is 13.2. The monoisotopic (exact) mass is 240 g/mol. The molecule has 4 heteroatoms. The zero-order valence-electron chi connectivity index (χ0n) is 10.2. The molecular formula is C12H20N2OS. The summed E-state index contributed by atoms with van der Waals surface area (Å²) in [5.74, 6) is 0.200. The first-order valence-corrected chi connectivity index (χ1v) is 6.46. The van der Waals surface area contributed by atoms with Crippen LogP contribution in [0.25, 0.3) is 0 Å².